The van der Waals surface area contributed by atoms with E-state index in [1.807, 2.05) is 55.5 Å². The quantitative estimate of drug-likeness (QED) is 0.447. The van der Waals surface area contributed by atoms with Crippen LogP contribution in [0.3, 0.4) is 0 Å². The highest BCUT2D eigenvalue weighted by Crippen LogP contribution is 2.33. The van der Waals surface area contributed by atoms with Crippen molar-refractivity contribution in [3.63, 3.8) is 0 Å². The minimum absolute atomic E-state index is 0.114. The molecule has 1 N–H and O–H groups in total. The summed E-state index contributed by atoms with van der Waals surface area (Å²) in [5.74, 6) is -0.199. The Labute approximate surface area is 201 Å². The van der Waals surface area contributed by atoms with Gasteiger partial charge in [0.15, 0.2) is 5.65 Å². The van der Waals surface area contributed by atoms with Crippen molar-refractivity contribution in [3.8, 4) is 5.75 Å². The molecule has 178 valence electrons. The van der Waals surface area contributed by atoms with Gasteiger partial charge in [-0.2, -0.15) is 0 Å². The molecule has 2 aromatic heterocycles. The Morgan fingerprint density at radius 1 is 1.09 bits per heavy atom. The number of para-hydroxylation sites is 2. The van der Waals surface area contributed by atoms with Crippen LogP contribution in [0.2, 0.25) is 0 Å². The van der Waals surface area contributed by atoms with E-state index >= 15 is 0 Å². The molecular formula is C26H25N5O4. The SMILES string of the molecule is CCOc1ccccc1N1CC(C(=O)Nc2cccc(Cn3nc4ccccn4c3=O)c2)CC1=O. The van der Waals surface area contributed by atoms with Crippen LogP contribution in [0, 0.1) is 5.92 Å². The highest BCUT2D eigenvalue weighted by molar-refractivity contribution is 6.04. The average Bonchev–Trinajstić information content (AvgIpc) is 3.40. The molecule has 0 spiro atoms. The van der Waals surface area contributed by atoms with Gasteiger partial charge in [0.05, 0.1) is 24.8 Å². The molecule has 0 saturated carbocycles. The second-order valence-corrected chi connectivity index (χ2v) is 8.36. The van der Waals surface area contributed by atoms with E-state index in [-0.39, 0.29) is 37.0 Å². The minimum Gasteiger partial charge on any atom is -0.492 e. The normalized spacial score (nSPS) is 15.5. The van der Waals surface area contributed by atoms with Gasteiger partial charge in [-0.1, -0.05) is 30.3 Å². The predicted molar refractivity (Wildman–Crippen MR) is 132 cm³/mol. The number of aromatic nitrogens is 3. The van der Waals surface area contributed by atoms with Gasteiger partial charge in [-0.3, -0.25) is 14.0 Å². The van der Waals surface area contributed by atoms with Crippen molar-refractivity contribution in [2.75, 3.05) is 23.4 Å². The van der Waals surface area contributed by atoms with Crippen LogP contribution >= 0.6 is 0 Å². The fourth-order valence-electron chi connectivity index (χ4n) is 4.31. The summed E-state index contributed by atoms with van der Waals surface area (Å²) in [6, 6.07) is 20.0. The summed E-state index contributed by atoms with van der Waals surface area (Å²) in [5, 5.41) is 7.27. The highest BCUT2D eigenvalue weighted by atomic mass is 16.5. The molecule has 0 radical (unpaired) electrons. The van der Waals surface area contributed by atoms with Crippen LogP contribution in [0.5, 0.6) is 5.75 Å². The topological polar surface area (TPSA) is 97.9 Å². The van der Waals surface area contributed by atoms with Crippen LogP contribution in [-0.4, -0.2) is 39.1 Å². The summed E-state index contributed by atoms with van der Waals surface area (Å²) in [7, 11) is 0. The molecule has 1 saturated heterocycles. The van der Waals surface area contributed by atoms with E-state index in [9.17, 15) is 14.4 Å². The second-order valence-electron chi connectivity index (χ2n) is 8.36. The first-order valence-corrected chi connectivity index (χ1v) is 11.5. The van der Waals surface area contributed by atoms with Gasteiger partial charge in [0.1, 0.15) is 5.75 Å². The van der Waals surface area contributed by atoms with E-state index in [1.54, 1.807) is 29.3 Å². The molecule has 3 heterocycles. The Morgan fingerprint density at radius 3 is 2.74 bits per heavy atom. The number of nitrogens with one attached hydrogen (secondary N) is 1. The number of rotatable bonds is 7. The standard InChI is InChI=1S/C26H25N5O4/c1-2-35-22-11-4-3-10-21(22)30-17-19(15-24(30)32)25(33)27-20-9-7-8-18(14-20)16-31-26(34)29-13-6-5-12-23(29)28-31/h3-14,19H,2,15-17H2,1H3,(H,27,33). The van der Waals surface area contributed by atoms with Gasteiger partial charge < -0.3 is 15.0 Å². The lowest BCUT2D eigenvalue weighted by Gasteiger charge is -2.20. The monoisotopic (exact) mass is 471 g/mol. The van der Waals surface area contributed by atoms with Crippen molar-refractivity contribution in [1.82, 2.24) is 14.2 Å². The summed E-state index contributed by atoms with van der Waals surface area (Å²) < 4.78 is 8.53. The second kappa shape index (κ2) is 9.46. The molecule has 9 heteroatoms. The molecule has 1 unspecified atom stereocenters. The van der Waals surface area contributed by atoms with Gasteiger partial charge in [0.2, 0.25) is 11.8 Å². The third-order valence-electron chi connectivity index (χ3n) is 5.97. The first kappa shape index (κ1) is 22.4. The number of anilines is 2. The van der Waals surface area contributed by atoms with E-state index in [0.717, 1.165) is 5.56 Å². The Balaban J connectivity index is 1.28. The number of hydrogen-bond acceptors (Lipinski definition) is 5. The van der Waals surface area contributed by atoms with Crippen LogP contribution in [0.15, 0.2) is 77.7 Å². The summed E-state index contributed by atoms with van der Waals surface area (Å²) in [6.45, 7) is 2.93. The van der Waals surface area contributed by atoms with Crippen LogP contribution in [-0.2, 0) is 16.1 Å². The number of nitrogens with zero attached hydrogens (tertiary/aromatic N) is 4. The van der Waals surface area contributed by atoms with Crippen molar-refractivity contribution in [2.45, 2.75) is 19.9 Å². The fraction of sp³-hybridized carbons (Fsp3) is 0.231. The minimum atomic E-state index is -0.484. The number of carbonyl (C=O) groups is 2. The molecule has 0 aliphatic carbocycles. The summed E-state index contributed by atoms with van der Waals surface area (Å²) >= 11 is 0. The maximum atomic E-state index is 13.0. The molecule has 5 rings (SSSR count). The smallest absolute Gasteiger partial charge is 0.350 e. The maximum absolute atomic E-state index is 13.0. The molecule has 35 heavy (non-hydrogen) atoms. The van der Waals surface area contributed by atoms with E-state index in [4.69, 9.17) is 4.74 Å². The number of benzene rings is 2. The largest absolute Gasteiger partial charge is 0.492 e. The molecule has 4 aromatic rings. The molecule has 2 amide bonds. The van der Waals surface area contributed by atoms with Crippen molar-refractivity contribution in [1.29, 1.82) is 0 Å². The number of fused-ring (bicyclic) bond motifs is 1. The maximum Gasteiger partial charge on any atom is 0.350 e. The van der Waals surface area contributed by atoms with Gasteiger partial charge in [-0.15, -0.1) is 5.10 Å². The molecule has 1 aliphatic heterocycles. The zero-order valence-electron chi connectivity index (χ0n) is 19.3. The van der Waals surface area contributed by atoms with Gasteiger partial charge in [-0.25, -0.2) is 9.48 Å². The van der Waals surface area contributed by atoms with Gasteiger partial charge in [-0.05, 0) is 48.9 Å². The first-order chi connectivity index (χ1) is 17.0. The van der Waals surface area contributed by atoms with Crippen LogP contribution in [0.1, 0.15) is 18.9 Å². The zero-order chi connectivity index (χ0) is 24.4. The average molecular weight is 472 g/mol. The van der Waals surface area contributed by atoms with Gasteiger partial charge in [0.25, 0.3) is 0 Å². The Bertz CT molecular complexity index is 1460. The lowest BCUT2D eigenvalue weighted by Crippen LogP contribution is -2.28. The number of ether oxygens (including phenoxy) is 1. The number of hydrogen-bond donors (Lipinski definition) is 1. The lowest BCUT2D eigenvalue weighted by atomic mass is 10.1. The zero-order valence-corrected chi connectivity index (χ0v) is 19.3. The molecule has 2 aromatic carbocycles. The van der Waals surface area contributed by atoms with Gasteiger partial charge in [0, 0.05) is 24.8 Å². The van der Waals surface area contributed by atoms with E-state index in [2.05, 4.69) is 10.4 Å². The molecule has 1 atom stereocenters. The van der Waals surface area contributed by atoms with Crippen molar-refractivity contribution >= 4 is 28.8 Å². The Kier molecular flexibility index (Phi) is 6.05. The highest BCUT2D eigenvalue weighted by Gasteiger charge is 2.36. The van der Waals surface area contributed by atoms with Crippen molar-refractivity contribution in [3.05, 3.63) is 89.0 Å². The third-order valence-corrected chi connectivity index (χ3v) is 5.97. The Hall–Kier alpha value is -4.40. The number of carbonyl (C=O) groups excluding carboxylic acids is 2. The molecule has 0 bridgehead atoms. The van der Waals surface area contributed by atoms with Gasteiger partial charge >= 0.3 is 5.69 Å². The Morgan fingerprint density at radius 2 is 1.91 bits per heavy atom. The molecule has 1 fully saturated rings. The number of amides is 2. The summed E-state index contributed by atoms with van der Waals surface area (Å²) in [6.07, 6.45) is 1.80. The van der Waals surface area contributed by atoms with E-state index in [0.29, 0.717) is 29.4 Å². The third kappa shape index (κ3) is 4.52. The molecule has 9 nitrogen and oxygen atoms in total. The van der Waals surface area contributed by atoms with Crippen LogP contribution in [0.4, 0.5) is 11.4 Å². The molecule has 1 aliphatic rings. The first-order valence-electron chi connectivity index (χ1n) is 11.5. The van der Waals surface area contributed by atoms with Crippen molar-refractivity contribution in [2.24, 2.45) is 5.92 Å². The van der Waals surface area contributed by atoms with E-state index < -0.39 is 5.92 Å². The summed E-state index contributed by atoms with van der Waals surface area (Å²) in [5.41, 5.74) is 2.44. The van der Waals surface area contributed by atoms with E-state index in [1.165, 1.54) is 9.08 Å². The fourth-order valence-corrected chi connectivity index (χ4v) is 4.31. The number of pyridine rings is 1. The lowest BCUT2D eigenvalue weighted by molar-refractivity contribution is -0.122. The van der Waals surface area contributed by atoms with Crippen LogP contribution in [0.25, 0.3) is 5.65 Å². The molecular weight excluding hydrogens is 446 g/mol. The van der Waals surface area contributed by atoms with Crippen LogP contribution < -0.4 is 20.6 Å². The van der Waals surface area contributed by atoms with Crippen molar-refractivity contribution < 1.29 is 14.3 Å². The summed E-state index contributed by atoms with van der Waals surface area (Å²) in [4.78, 5) is 39.9. The predicted octanol–water partition coefficient (Wildman–Crippen LogP) is 2.93.